The fourth-order valence-corrected chi connectivity index (χ4v) is 4.96. The molecule has 3 aromatic heterocycles. The van der Waals surface area contributed by atoms with Gasteiger partial charge in [0.15, 0.2) is 5.65 Å². The van der Waals surface area contributed by atoms with Crippen LogP contribution in [-0.4, -0.2) is 67.9 Å². The minimum absolute atomic E-state index is 0.127. The van der Waals surface area contributed by atoms with E-state index in [2.05, 4.69) is 24.8 Å². The minimum Gasteiger partial charge on any atom is -0.376 e. The molecule has 0 amide bonds. The zero-order valence-corrected chi connectivity index (χ0v) is 20.1. The van der Waals surface area contributed by atoms with E-state index in [0.717, 1.165) is 31.8 Å². The van der Waals surface area contributed by atoms with Crippen molar-refractivity contribution in [2.75, 3.05) is 37.7 Å². The molecule has 3 aromatic rings. The molecule has 0 spiro atoms. The van der Waals surface area contributed by atoms with Gasteiger partial charge in [-0.15, -0.1) is 0 Å². The van der Waals surface area contributed by atoms with E-state index in [1.54, 1.807) is 13.1 Å². The van der Waals surface area contributed by atoms with Crippen molar-refractivity contribution in [1.29, 1.82) is 0 Å². The molecule has 2 aliphatic rings. The van der Waals surface area contributed by atoms with Crippen molar-refractivity contribution in [3.05, 3.63) is 56.0 Å². The van der Waals surface area contributed by atoms with Gasteiger partial charge in [0.1, 0.15) is 0 Å². The number of anilines is 1. The van der Waals surface area contributed by atoms with Gasteiger partial charge in [0.25, 0.3) is 0 Å². The average molecular weight is 486 g/mol. The third-order valence-corrected chi connectivity index (χ3v) is 6.85. The van der Waals surface area contributed by atoms with E-state index in [-0.39, 0.29) is 6.04 Å². The molecule has 0 N–H and O–H groups in total. The second-order valence-corrected chi connectivity index (χ2v) is 9.35. The molecule has 34 heavy (non-hydrogen) atoms. The summed E-state index contributed by atoms with van der Waals surface area (Å²) in [7, 11) is 1.57. The lowest BCUT2D eigenvalue weighted by molar-refractivity contribution is -0.0531. The normalized spacial score (nSPS) is 17.9. The van der Waals surface area contributed by atoms with Crippen molar-refractivity contribution in [3.8, 4) is 0 Å². The minimum atomic E-state index is -0.576. The summed E-state index contributed by atoms with van der Waals surface area (Å²) in [6.07, 6.45) is 6.98. The summed E-state index contributed by atoms with van der Waals surface area (Å²) in [6, 6.07) is 1.54. The van der Waals surface area contributed by atoms with Crippen LogP contribution in [0.2, 0.25) is 5.02 Å². The number of pyridine rings is 1. The summed E-state index contributed by atoms with van der Waals surface area (Å²) in [5.74, 6) is 0.684. The monoisotopic (exact) mass is 485 g/mol. The van der Waals surface area contributed by atoms with E-state index in [1.807, 2.05) is 19.3 Å². The number of fused-ring (bicyclic) bond motifs is 1. The number of aryl methyl sites for hydroxylation is 1. The highest BCUT2D eigenvalue weighted by Gasteiger charge is 2.28. The maximum Gasteiger partial charge on any atom is 0.318 e. The van der Waals surface area contributed by atoms with Crippen molar-refractivity contribution >= 4 is 28.7 Å². The summed E-state index contributed by atoms with van der Waals surface area (Å²) in [5.41, 5.74) is 0.979. The van der Waals surface area contributed by atoms with Gasteiger partial charge in [-0.25, -0.2) is 15.0 Å². The van der Waals surface area contributed by atoms with E-state index in [0.29, 0.717) is 54.2 Å². The molecule has 0 aliphatic carbocycles. The van der Waals surface area contributed by atoms with Gasteiger partial charge in [-0.05, 0) is 25.8 Å². The quantitative estimate of drug-likeness (QED) is 0.485. The molecule has 2 saturated heterocycles. The number of halogens is 1. The number of ether oxygens (including phenoxy) is 1. The fourth-order valence-electron chi connectivity index (χ4n) is 4.81. The van der Waals surface area contributed by atoms with Crippen LogP contribution in [0.1, 0.15) is 31.4 Å². The Morgan fingerprint density at radius 1 is 1.06 bits per heavy atom. The lowest BCUT2D eigenvalue weighted by Crippen LogP contribution is -2.51. The van der Waals surface area contributed by atoms with Crippen LogP contribution in [0.3, 0.4) is 0 Å². The van der Waals surface area contributed by atoms with E-state index in [4.69, 9.17) is 16.3 Å². The molecule has 180 valence electrons. The molecule has 0 bridgehead atoms. The van der Waals surface area contributed by atoms with E-state index in [1.165, 1.54) is 15.3 Å². The van der Waals surface area contributed by atoms with Gasteiger partial charge in [0.2, 0.25) is 5.95 Å². The molecular formula is C23H28ClN7O3. The van der Waals surface area contributed by atoms with Crippen LogP contribution < -0.4 is 16.0 Å². The summed E-state index contributed by atoms with van der Waals surface area (Å²) in [6.45, 7) is 6.85. The summed E-state index contributed by atoms with van der Waals surface area (Å²) < 4.78 is 8.46. The van der Waals surface area contributed by atoms with Crippen LogP contribution in [0.25, 0.3) is 11.2 Å². The first-order valence-electron chi connectivity index (χ1n) is 11.6. The zero-order chi connectivity index (χ0) is 23.8. The van der Waals surface area contributed by atoms with Crippen LogP contribution in [0, 0.1) is 0 Å². The Kier molecular flexibility index (Phi) is 6.37. The third-order valence-electron chi connectivity index (χ3n) is 6.65. The SMILES string of the molecule is CCOC1CN(Cc2cnc(N3CCC(n4c(=O)c(=O)n(C)c5cc(Cl)cnc54)CC3)nc2)C1. The zero-order valence-electron chi connectivity index (χ0n) is 19.4. The predicted octanol–water partition coefficient (Wildman–Crippen LogP) is 1.60. The molecule has 5 heterocycles. The first kappa shape index (κ1) is 22.9. The Balaban J connectivity index is 1.26. The second kappa shape index (κ2) is 9.44. The van der Waals surface area contributed by atoms with Gasteiger partial charge in [-0.2, -0.15) is 0 Å². The van der Waals surface area contributed by atoms with Gasteiger partial charge in [0.05, 0.1) is 16.6 Å². The average Bonchev–Trinajstić information content (AvgIpc) is 2.83. The number of hydrogen-bond donors (Lipinski definition) is 0. The highest BCUT2D eigenvalue weighted by molar-refractivity contribution is 6.31. The van der Waals surface area contributed by atoms with Crippen LogP contribution in [0.5, 0.6) is 0 Å². The highest BCUT2D eigenvalue weighted by Crippen LogP contribution is 2.26. The molecule has 0 aromatic carbocycles. The Morgan fingerprint density at radius 2 is 1.76 bits per heavy atom. The third kappa shape index (κ3) is 4.33. The maximum atomic E-state index is 12.9. The predicted molar refractivity (Wildman–Crippen MR) is 129 cm³/mol. The first-order chi connectivity index (χ1) is 16.4. The van der Waals surface area contributed by atoms with Crippen LogP contribution in [-0.2, 0) is 18.3 Å². The summed E-state index contributed by atoms with van der Waals surface area (Å²) in [4.78, 5) is 43.4. The molecule has 10 nitrogen and oxygen atoms in total. The Morgan fingerprint density at radius 3 is 2.44 bits per heavy atom. The number of hydrogen-bond acceptors (Lipinski definition) is 8. The fraction of sp³-hybridized carbons (Fsp3) is 0.522. The molecule has 0 saturated carbocycles. The van der Waals surface area contributed by atoms with Crippen molar-refractivity contribution in [1.82, 2.24) is 29.0 Å². The number of piperidine rings is 1. The van der Waals surface area contributed by atoms with Crippen molar-refractivity contribution in [3.63, 3.8) is 0 Å². The van der Waals surface area contributed by atoms with Crippen LogP contribution in [0.4, 0.5) is 5.95 Å². The molecule has 11 heteroatoms. The molecule has 5 rings (SSSR count). The first-order valence-corrected chi connectivity index (χ1v) is 12.0. The number of rotatable bonds is 6. The van der Waals surface area contributed by atoms with E-state index < -0.39 is 11.1 Å². The van der Waals surface area contributed by atoms with Crippen molar-refractivity contribution in [2.24, 2.45) is 7.05 Å². The van der Waals surface area contributed by atoms with Crippen LogP contribution in [0.15, 0.2) is 34.2 Å². The van der Waals surface area contributed by atoms with Gasteiger partial charge >= 0.3 is 11.1 Å². The van der Waals surface area contributed by atoms with Gasteiger partial charge in [-0.3, -0.25) is 19.1 Å². The highest BCUT2D eigenvalue weighted by atomic mass is 35.5. The number of aromatic nitrogens is 5. The summed E-state index contributed by atoms with van der Waals surface area (Å²) in [5, 5.41) is 0.423. The molecule has 2 fully saturated rings. The smallest absolute Gasteiger partial charge is 0.318 e. The standard InChI is InChI=1S/C23H28ClN7O3/c1-3-34-18-13-29(14-18)12-15-9-26-23(27-10-15)30-6-4-17(5-7-30)31-20-19(8-16(24)11-25-20)28(2)21(32)22(31)33/h8-11,17-18H,3-7,12-14H2,1-2H3. The lowest BCUT2D eigenvalue weighted by Gasteiger charge is -2.38. The van der Waals surface area contributed by atoms with Gasteiger partial charge in [-0.1, -0.05) is 11.6 Å². The van der Waals surface area contributed by atoms with Gasteiger partial charge < -0.3 is 14.2 Å². The summed E-state index contributed by atoms with van der Waals surface area (Å²) >= 11 is 6.08. The van der Waals surface area contributed by atoms with E-state index >= 15 is 0 Å². The van der Waals surface area contributed by atoms with Gasteiger partial charge in [0, 0.05) is 76.6 Å². The van der Waals surface area contributed by atoms with Crippen molar-refractivity contribution < 1.29 is 4.74 Å². The molecule has 2 aliphatic heterocycles. The lowest BCUT2D eigenvalue weighted by atomic mass is 10.0. The van der Waals surface area contributed by atoms with Crippen LogP contribution >= 0.6 is 11.6 Å². The number of nitrogens with zero attached hydrogens (tertiary/aromatic N) is 7. The molecule has 0 unspecified atom stereocenters. The second-order valence-electron chi connectivity index (χ2n) is 8.92. The number of likely N-dealkylation sites (tertiary alicyclic amines) is 1. The molecule has 0 atom stereocenters. The molecule has 0 radical (unpaired) electrons. The maximum absolute atomic E-state index is 12.9. The van der Waals surface area contributed by atoms with E-state index in [9.17, 15) is 9.59 Å². The van der Waals surface area contributed by atoms with Crippen molar-refractivity contribution in [2.45, 2.75) is 38.5 Å². The topological polar surface area (TPSA) is 98.4 Å². The Labute approximate surface area is 201 Å². The Hall–Kier alpha value is -2.82. The largest absolute Gasteiger partial charge is 0.376 e. The molecular weight excluding hydrogens is 458 g/mol. The Bertz CT molecular complexity index is 1290.